The molecule has 0 fully saturated rings. The number of thioether (sulfide) groups is 1. The number of likely N-dealkylation sites (N-methyl/N-ethyl adjacent to an activating group) is 1. The van der Waals surface area contributed by atoms with Gasteiger partial charge in [0.2, 0.25) is 0 Å². The fourth-order valence-electron chi connectivity index (χ4n) is 2.04. The summed E-state index contributed by atoms with van der Waals surface area (Å²) in [4.78, 5) is 15.7. The zero-order valence-corrected chi connectivity index (χ0v) is 11.9. The molecule has 0 saturated heterocycles. The third-order valence-corrected chi connectivity index (χ3v) is 4.05. The molecule has 0 bridgehead atoms. The first-order valence-corrected chi connectivity index (χ1v) is 7.13. The molecule has 0 saturated carbocycles. The summed E-state index contributed by atoms with van der Waals surface area (Å²) in [7, 11) is 1.67. The van der Waals surface area contributed by atoms with E-state index in [1.54, 1.807) is 7.05 Å². The van der Waals surface area contributed by atoms with E-state index in [1.807, 2.05) is 30.3 Å². The number of hydrogen-bond acceptors (Lipinski definition) is 5. The minimum absolute atomic E-state index is 0.439. The average molecular weight is 292 g/mol. The molecule has 0 aliphatic carbocycles. The number of hydrogen-bond donors (Lipinski definition) is 3. The summed E-state index contributed by atoms with van der Waals surface area (Å²) >= 11 is 1.45. The van der Waals surface area contributed by atoms with Gasteiger partial charge in [0.15, 0.2) is 5.16 Å². The number of aromatic amines is 1. The van der Waals surface area contributed by atoms with Crippen molar-refractivity contribution in [2.24, 2.45) is 0 Å². The number of aliphatic carboxylic acids is 1. The number of nitrogens with one attached hydrogen (secondary N) is 2. The standard InChI is InChI=1S/C13H16N4O2S/c1-14-13(11(18)19,10-5-3-2-4-6-10)7-8-20-12-15-9-16-17-12/h2-6,9,14H,7-8H2,1H3,(H,18,19)(H,15,16,17). The van der Waals surface area contributed by atoms with Crippen LogP contribution >= 0.6 is 11.8 Å². The van der Waals surface area contributed by atoms with Gasteiger partial charge in [0.25, 0.3) is 0 Å². The molecule has 1 atom stereocenters. The highest BCUT2D eigenvalue weighted by Gasteiger charge is 2.38. The molecular formula is C13H16N4O2S. The second-order valence-corrected chi connectivity index (χ2v) is 5.30. The van der Waals surface area contributed by atoms with E-state index in [2.05, 4.69) is 20.5 Å². The van der Waals surface area contributed by atoms with Crippen LogP contribution < -0.4 is 5.32 Å². The maximum absolute atomic E-state index is 11.7. The van der Waals surface area contributed by atoms with E-state index in [4.69, 9.17) is 0 Å². The average Bonchev–Trinajstić information content (AvgIpc) is 2.97. The van der Waals surface area contributed by atoms with Crippen LogP contribution in [0.1, 0.15) is 12.0 Å². The number of benzene rings is 1. The second kappa shape index (κ2) is 6.53. The maximum Gasteiger partial charge on any atom is 0.328 e. The summed E-state index contributed by atoms with van der Waals surface area (Å²) in [5.74, 6) is -0.276. The molecule has 1 unspecified atom stereocenters. The third kappa shape index (κ3) is 3.00. The minimum Gasteiger partial charge on any atom is -0.480 e. The summed E-state index contributed by atoms with van der Waals surface area (Å²) in [6.07, 6.45) is 1.87. The van der Waals surface area contributed by atoms with Crippen molar-refractivity contribution < 1.29 is 9.90 Å². The molecule has 0 aliphatic heterocycles. The van der Waals surface area contributed by atoms with Gasteiger partial charge in [-0.3, -0.25) is 5.10 Å². The van der Waals surface area contributed by atoms with Crippen LogP contribution in [0.5, 0.6) is 0 Å². The SMILES string of the molecule is CNC(CCSc1ncn[nH]1)(C(=O)O)c1ccccc1. The molecule has 0 spiro atoms. The maximum atomic E-state index is 11.7. The predicted octanol–water partition coefficient (Wildman–Crippen LogP) is 1.49. The highest BCUT2D eigenvalue weighted by molar-refractivity contribution is 7.99. The first kappa shape index (κ1) is 14.5. The van der Waals surface area contributed by atoms with Crippen molar-refractivity contribution in [3.8, 4) is 0 Å². The fraction of sp³-hybridized carbons (Fsp3) is 0.308. The quantitative estimate of drug-likeness (QED) is 0.670. The monoisotopic (exact) mass is 292 g/mol. The number of carboxylic acids is 1. The van der Waals surface area contributed by atoms with E-state index in [-0.39, 0.29) is 0 Å². The van der Waals surface area contributed by atoms with Crippen molar-refractivity contribution in [2.45, 2.75) is 17.1 Å². The zero-order valence-electron chi connectivity index (χ0n) is 11.0. The lowest BCUT2D eigenvalue weighted by Crippen LogP contribution is -2.47. The van der Waals surface area contributed by atoms with E-state index in [0.29, 0.717) is 17.3 Å². The van der Waals surface area contributed by atoms with Gasteiger partial charge >= 0.3 is 5.97 Å². The van der Waals surface area contributed by atoms with Crippen molar-refractivity contribution in [1.29, 1.82) is 0 Å². The van der Waals surface area contributed by atoms with Crippen LogP contribution in [0.3, 0.4) is 0 Å². The van der Waals surface area contributed by atoms with E-state index in [0.717, 1.165) is 5.56 Å². The van der Waals surface area contributed by atoms with Crippen LogP contribution in [0.15, 0.2) is 41.8 Å². The highest BCUT2D eigenvalue weighted by atomic mass is 32.2. The molecule has 3 N–H and O–H groups in total. The number of aromatic nitrogens is 3. The lowest BCUT2D eigenvalue weighted by Gasteiger charge is -2.29. The lowest BCUT2D eigenvalue weighted by atomic mass is 9.87. The first-order chi connectivity index (χ1) is 9.69. The molecular weight excluding hydrogens is 276 g/mol. The molecule has 106 valence electrons. The Kier molecular flexibility index (Phi) is 4.75. The van der Waals surface area contributed by atoms with Crippen molar-refractivity contribution in [3.05, 3.63) is 42.2 Å². The largest absolute Gasteiger partial charge is 0.480 e. The van der Waals surface area contributed by atoms with Crippen LogP contribution in [0, 0.1) is 0 Å². The fourth-order valence-corrected chi connectivity index (χ4v) is 2.88. The van der Waals surface area contributed by atoms with Crippen LogP contribution in [-0.4, -0.2) is 39.1 Å². The summed E-state index contributed by atoms with van der Waals surface area (Å²) in [5, 5.41) is 19.8. The van der Waals surface area contributed by atoms with Crippen LogP contribution in [0.2, 0.25) is 0 Å². The van der Waals surface area contributed by atoms with Crippen molar-refractivity contribution in [2.75, 3.05) is 12.8 Å². The summed E-state index contributed by atoms with van der Waals surface area (Å²) in [5.41, 5.74) is -0.345. The highest BCUT2D eigenvalue weighted by Crippen LogP contribution is 2.28. The van der Waals surface area contributed by atoms with Gasteiger partial charge < -0.3 is 10.4 Å². The Bertz CT molecular complexity index is 547. The normalized spacial score (nSPS) is 13.8. The lowest BCUT2D eigenvalue weighted by molar-refractivity contribution is -0.145. The number of carboxylic acid groups (broad SMARTS) is 1. The van der Waals surface area contributed by atoms with Gasteiger partial charge in [0, 0.05) is 5.75 Å². The van der Waals surface area contributed by atoms with Gasteiger partial charge in [-0.05, 0) is 19.0 Å². The van der Waals surface area contributed by atoms with E-state index < -0.39 is 11.5 Å². The summed E-state index contributed by atoms with van der Waals surface area (Å²) in [6.45, 7) is 0. The first-order valence-electron chi connectivity index (χ1n) is 6.15. The topological polar surface area (TPSA) is 90.9 Å². The number of nitrogens with zero attached hydrogens (tertiary/aromatic N) is 2. The van der Waals surface area contributed by atoms with Gasteiger partial charge in [-0.15, -0.1) is 0 Å². The van der Waals surface area contributed by atoms with E-state index >= 15 is 0 Å². The predicted molar refractivity (Wildman–Crippen MR) is 76.5 cm³/mol. The Morgan fingerprint density at radius 1 is 1.45 bits per heavy atom. The van der Waals surface area contributed by atoms with Crippen molar-refractivity contribution in [1.82, 2.24) is 20.5 Å². The van der Waals surface area contributed by atoms with Crippen LogP contribution in [0.4, 0.5) is 0 Å². The number of carbonyl (C=O) groups is 1. The zero-order chi connectivity index (χ0) is 14.4. The van der Waals surface area contributed by atoms with Crippen LogP contribution in [0.25, 0.3) is 0 Å². The Hall–Kier alpha value is -1.86. The van der Waals surface area contributed by atoms with Crippen molar-refractivity contribution in [3.63, 3.8) is 0 Å². The van der Waals surface area contributed by atoms with E-state index in [1.165, 1.54) is 18.1 Å². The molecule has 6 nitrogen and oxygen atoms in total. The van der Waals surface area contributed by atoms with Gasteiger partial charge in [-0.1, -0.05) is 42.1 Å². The molecule has 7 heteroatoms. The summed E-state index contributed by atoms with van der Waals surface area (Å²) < 4.78 is 0. The Labute approximate surface area is 121 Å². The molecule has 20 heavy (non-hydrogen) atoms. The molecule has 1 aromatic carbocycles. The Balaban J connectivity index is 2.13. The molecule has 0 aliphatic rings. The third-order valence-electron chi connectivity index (χ3n) is 3.17. The molecule has 0 radical (unpaired) electrons. The number of H-pyrrole nitrogens is 1. The van der Waals surface area contributed by atoms with Gasteiger partial charge in [0.1, 0.15) is 11.9 Å². The molecule has 1 aromatic heterocycles. The van der Waals surface area contributed by atoms with Crippen molar-refractivity contribution >= 4 is 17.7 Å². The van der Waals surface area contributed by atoms with Gasteiger partial charge in [-0.25, -0.2) is 9.78 Å². The van der Waals surface area contributed by atoms with Crippen LogP contribution in [-0.2, 0) is 10.3 Å². The molecule has 2 aromatic rings. The minimum atomic E-state index is -1.09. The second-order valence-electron chi connectivity index (χ2n) is 4.22. The van der Waals surface area contributed by atoms with E-state index in [9.17, 15) is 9.90 Å². The summed E-state index contributed by atoms with van der Waals surface area (Å²) in [6, 6.07) is 9.20. The Morgan fingerprint density at radius 2 is 2.20 bits per heavy atom. The number of rotatable bonds is 7. The Morgan fingerprint density at radius 3 is 2.75 bits per heavy atom. The molecule has 2 rings (SSSR count). The van der Waals surface area contributed by atoms with Gasteiger partial charge in [0.05, 0.1) is 0 Å². The smallest absolute Gasteiger partial charge is 0.328 e. The molecule has 1 heterocycles. The molecule has 0 amide bonds. The van der Waals surface area contributed by atoms with Gasteiger partial charge in [-0.2, -0.15) is 5.10 Å².